The summed E-state index contributed by atoms with van der Waals surface area (Å²) < 4.78 is 11.0. The lowest BCUT2D eigenvalue weighted by Gasteiger charge is -2.32. The van der Waals surface area contributed by atoms with Crippen LogP contribution in [-0.2, 0) is 0 Å². The van der Waals surface area contributed by atoms with Crippen LogP contribution in [0, 0.1) is 10.1 Å². The first-order chi connectivity index (χ1) is 16.3. The maximum absolute atomic E-state index is 12.9. The molecule has 0 bridgehead atoms. The Hall–Kier alpha value is -3.77. The number of aromatic nitrogens is 1. The predicted octanol–water partition coefficient (Wildman–Crippen LogP) is 2.86. The predicted molar refractivity (Wildman–Crippen MR) is 127 cm³/mol. The van der Waals surface area contributed by atoms with Crippen LogP contribution in [0.3, 0.4) is 0 Å². The molecular weight excluding hydrogens is 462 g/mol. The van der Waals surface area contributed by atoms with Crippen molar-refractivity contribution >= 4 is 44.2 Å². The molecule has 2 amide bonds. The maximum Gasteiger partial charge on any atom is 0.286 e. The fourth-order valence-corrected chi connectivity index (χ4v) is 4.57. The normalized spacial score (nSPS) is 14.1. The number of nitro benzene ring substituents is 1. The van der Waals surface area contributed by atoms with E-state index in [0.717, 1.165) is 23.9 Å². The highest BCUT2D eigenvalue weighted by Gasteiger charge is 2.26. The molecule has 0 atom stereocenters. The Morgan fingerprint density at radius 1 is 1.09 bits per heavy atom. The highest BCUT2D eigenvalue weighted by molar-refractivity contribution is 7.22. The molecule has 0 radical (unpaired) electrons. The number of methoxy groups -OCH3 is 2. The number of hydrogen-bond acceptors (Lipinski definition) is 9. The zero-order valence-corrected chi connectivity index (χ0v) is 19.7. The molecule has 1 N–H and O–H groups in total. The molecule has 11 nitrogen and oxygen atoms in total. The lowest BCUT2D eigenvalue weighted by atomic mass is 10.1. The molecule has 1 fully saturated rings. The van der Waals surface area contributed by atoms with Gasteiger partial charge in [0.1, 0.15) is 5.56 Å². The Labute approximate surface area is 199 Å². The number of hydrogen-bond donors (Lipinski definition) is 1. The highest BCUT2D eigenvalue weighted by atomic mass is 32.1. The standard InChI is InChI=1S/C22H23N5O6S/c1-25-6-8-26(9-7-25)21(29)13-4-5-15-19(10-13)34-22(23-15)24-20(28)14-11-17(32-2)18(33-3)12-16(14)27(30)31/h4-5,10-12H,6-9H2,1-3H3,(H,23,24,28). The number of thiazole rings is 1. The summed E-state index contributed by atoms with van der Waals surface area (Å²) in [5.74, 6) is -0.423. The summed E-state index contributed by atoms with van der Waals surface area (Å²) in [5, 5.41) is 14.4. The van der Waals surface area contributed by atoms with Gasteiger partial charge in [0.2, 0.25) is 0 Å². The first-order valence-electron chi connectivity index (χ1n) is 10.4. The Kier molecular flexibility index (Phi) is 6.61. The number of nitrogens with one attached hydrogen (secondary N) is 1. The van der Waals surface area contributed by atoms with E-state index in [9.17, 15) is 19.7 Å². The van der Waals surface area contributed by atoms with Gasteiger partial charge in [-0.2, -0.15) is 0 Å². The highest BCUT2D eigenvalue weighted by Crippen LogP contribution is 2.35. The monoisotopic (exact) mass is 485 g/mol. The van der Waals surface area contributed by atoms with Crippen LogP contribution in [0.1, 0.15) is 20.7 Å². The van der Waals surface area contributed by atoms with E-state index >= 15 is 0 Å². The zero-order chi connectivity index (χ0) is 24.4. The van der Waals surface area contributed by atoms with Gasteiger partial charge in [0.15, 0.2) is 16.6 Å². The van der Waals surface area contributed by atoms with Gasteiger partial charge in [0.05, 0.1) is 35.4 Å². The number of benzene rings is 2. The number of fused-ring (bicyclic) bond motifs is 1. The first kappa shape index (κ1) is 23.4. The Morgan fingerprint density at radius 3 is 2.41 bits per heavy atom. The van der Waals surface area contributed by atoms with E-state index in [1.807, 2.05) is 11.9 Å². The maximum atomic E-state index is 12.9. The molecular formula is C22H23N5O6S. The van der Waals surface area contributed by atoms with Crippen LogP contribution in [0.15, 0.2) is 30.3 Å². The number of ether oxygens (including phenoxy) is 2. The van der Waals surface area contributed by atoms with E-state index in [4.69, 9.17) is 9.47 Å². The lowest BCUT2D eigenvalue weighted by Crippen LogP contribution is -2.47. The van der Waals surface area contributed by atoms with Gasteiger partial charge in [-0.1, -0.05) is 11.3 Å². The van der Waals surface area contributed by atoms with Crippen LogP contribution < -0.4 is 14.8 Å². The minimum atomic E-state index is -0.708. The van der Waals surface area contributed by atoms with E-state index in [0.29, 0.717) is 24.2 Å². The number of carbonyl (C=O) groups is 2. The minimum absolute atomic E-state index is 0.0464. The number of nitrogens with zero attached hydrogens (tertiary/aromatic N) is 4. The third-order valence-corrected chi connectivity index (χ3v) is 6.52. The second-order valence-corrected chi connectivity index (χ2v) is 8.76. The second kappa shape index (κ2) is 9.61. The summed E-state index contributed by atoms with van der Waals surface area (Å²) in [5.41, 5.74) is 0.551. The van der Waals surface area contributed by atoms with E-state index in [1.54, 1.807) is 18.2 Å². The van der Waals surface area contributed by atoms with Gasteiger partial charge in [-0.15, -0.1) is 0 Å². The molecule has 1 aromatic heterocycles. The van der Waals surface area contributed by atoms with Crippen LogP contribution in [0.5, 0.6) is 11.5 Å². The van der Waals surface area contributed by atoms with Crippen LogP contribution in [0.25, 0.3) is 10.2 Å². The molecule has 1 saturated heterocycles. The smallest absolute Gasteiger partial charge is 0.286 e. The largest absolute Gasteiger partial charge is 0.493 e. The summed E-state index contributed by atoms with van der Waals surface area (Å²) in [6.45, 7) is 2.99. The van der Waals surface area contributed by atoms with E-state index in [1.165, 1.54) is 31.6 Å². The lowest BCUT2D eigenvalue weighted by molar-refractivity contribution is -0.385. The number of likely N-dealkylation sites (N-methyl/N-ethyl adjacent to an activating group) is 1. The number of nitro groups is 1. The molecule has 12 heteroatoms. The second-order valence-electron chi connectivity index (χ2n) is 7.73. The molecule has 0 saturated carbocycles. The van der Waals surface area contributed by atoms with Crippen molar-refractivity contribution in [3.63, 3.8) is 0 Å². The molecule has 0 aliphatic carbocycles. The van der Waals surface area contributed by atoms with Gasteiger partial charge in [-0.05, 0) is 25.2 Å². The number of anilines is 1. The SMILES string of the molecule is COc1cc(C(=O)Nc2nc3ccc(C(=O)N4CCN(C)CC4)cc3s2)c([N+](=O)[O-])cc1OC. The Morgan fingerprint density at radius 2 is 1.76 bits per heavy atom. The van der Waals surface area contributed by atoms with Crippen molar-refractivity contribution in [1.82, 2.24) is 14.8 Å². The van der Waals surface area contributed by atoms with Crippen LogP contribution in [0.4, 0.5) is 10.8 Å². The van der Waals surface area contributed by atoms with Crippen molar-refractivity contribution in [3.8, 4) is 11.5 Å². The quantitative estimate of drug-likeness (QED) is 0.417. The zero-order valence-electron chi connectivity index (χ0n) is 18.9. The molecule has 34 heavy (non-hydrogen) atoms. The summed E-state index contributed by atoms with van der Waals surface area (Å²) >= 11 is 1.18. The third-order valence-electron chi connectivity index (χ3n) is 5.59. The van der Waals surface area contributed by atoms with E-state index < -0.39 is 16.5 Å². The van der Waals surface area contributed by atoms with Crippen molar-refractivity contribution in [2.24, 2.45) is 0 Å². The van der Waals surface area contributed by atoms with Crippen LogP contribution in [-0.4, -0.2) is 79.0 Å². The number of carbonyl (C=O) groups excluding carboxylic acids is 2. The molecule has 0 spiro atoms. The number of rotatable bonds is 6. The van der Waals surface area contributed by atoms with Crippen molar-refractivity contribution in [2.45, 2.75) is 0 Å². The van der Waals surface area contributed by atoms with Gasteiger partial charge in [0, 0.05) is 37.8 Å². The average molecular weight is 486 g/mol. The van der Waals surface area contributed by atoms with Gasteiger partial charge >= 0.3 is 0 Å². The summed E-state index contributed by atoms with van der Waals surface area (Å²) in [6.07, 6.45) is 0. The number of amides is 2. The van der Waals surface area contributed by atoms with E-state index in [2.05, 4.69) is 15.2 Å². The van der Waals surface area contributed by atoms with Gasteiger partial charge in [0.25, 0.3) is 17.5 Å². The van der Waals surface area contributed by atoms with Crippen molar-refractivity contribution in [2.75, 3.05) is 52.8 Å². The van der Waals surface area contributed by atoms with E-state index in [-0.39, 0.29) is 28.1 Å². The molecule has 0 unspecified atom stereocenters. The van der Waals surface area contributed by atoms with Gasteiger partial charge in [-0.3, -0.25) is 25.0 Å². The molecule has 4 rings (SSSR count). The van der Waals surface area contributed by atoms with Crippen LogP contribution >= 0.6 is 11.3 Å². The molecule has 178 valence electrons. The molecule has 1 aliphatic heterocycles. The number of piperazine rings is 1. The average Bonchev–Trinajstić information content (AvgIpc) is 3.24. The van der Waals surface area contributed by atoms with Crippen LogP contribution in [0.2, 0.25) is 0 Å². The van der Waals surface area contributed by atoms with Crippen molar-refractivity contribution < 1.29 is 24.0 Å². The van der Waals surface area contributed by atoms with Crippen molar-refractivity contribution in [1.29, 1.82) is 0 Å². The molecule has 3 aromatic rings. The Balaban J connectivity index is 1.57. The van der Waals surface area contributed by atoms with Gasteiger partial charge in [-0.25, -0.2) is 4.98 Å². The first-order valence-corrected chi connectivity index (χ1v) is 11.2. The molecule has 2 heterocycles. The van der Waals surface area contributed by atoms with Crippen molar-refractivity contribution in [3.05, 3.63) is 51.6 Å². The van der Waals surface area contributed by atoms with Gasteiger partial charge < -0.3 is 19.3 Å². The fourth-order valence-electron chi connectivity index (χ4n) is 3.67. The molecule has 1 aliphatic rings. The topological polar surface area (TPSA) is 127 Å². The summed E-state index contributed by atoms with van der Waals surface area (Å²) in [4.78, 5) is 45.0. The fraction of sp³-hybridized carbons (Fsp3) is 0.318. The summed E-state index contributed by atoms with van der Waals surface area (Å²) in [6, 6.07) is 7.59. The minimum Gasteiger partial charge on any atom is -0.493 e. The third kappa shape index (κ3) is 4.63. The molecule has 2 aromatic carbocycles. The Bertz CT molecular complexity index is 1270. The summed E-state index contributed by atoms with van der Waals surface area (Å²) in [7, 11) is 4.75.